The second-order valence-corrected chi connectivity index (χ2v) is 11.8. The van der Waals surface area contributed by atoms with Gasteiger partial charge in [-0.2, -0.15) is 0 Å². The van der Waals surface area contributed by atoms with Crippen LogP contribution in [0.5, 0.6) is 0 Å². The molecule has 308 valence electrons. The maximum absolute atomic E-state index is 13.3. The van der Waals surface area contributed by atoms with Gasteiger partial charge in [0.2, 0.25) is 35.4 Å². The van der Waals surface area contributed by atoms with Crippen LogP contribution in [0.15, 0.2) is 9.98 Å². The van der Waals surface area contributed by atoms with Gasteiger partial charge in [0, 0.05) is 13.1 Å². The van der Waals surface area contributed by atoms with Gasteiger partial charge < -0.3 is 86.7 Å². The lowest BCUT2D eigenvalue weighted by atomic mass is 10.1. The van der Waals surface area contributed by atoms with Gasteiger partial charge in [0.25, 0.3) is 0 Å². The summed E-state index contributed by atoms with van der Waals surface area (Å²) in [6.45, 7) is -2.93. The van der Waals surface area contributed by atoms with Crippen LogP contribution in [0.25, 0.3) is 0 Å². The molecule has 22 N–H and O–H groups in total. The van der Waals surface area contributed by atoms with Gasteiger partial charge in [-0.15, -0.1) is 0 Å². The van der Waals surface area contributed by atoms with Gasteiger partial charge in [0.1, 0.15) is 36.3 Å². The lowest BCUT2D eigenvalue weighted by molar-refractivity contribution is -0.142. The zero-order valence-corrected chi connectivity index (χ0v) is 29.9. The molecule has 0 rings (SSSR count). The van der Waals surface area contributed by atoms with Gasteiger partial charge in [-0.1, -0.05) is 0 Å². The van der Waals surface area contributed by atoms with Crippen LogP contribution >= 0.6 is 0 Å². The number of carbonyl (C=O) groups is 7. The Balaban J connectivity index is 5.80. The number of carboxylic acids is 1. The van der Waals surface area contributed by atoms with E-state index in [-0.39, 0.29) is 63.7 Å². The lowest BCUT2D eigenvalue weighted by Gasteiger charge is -2.25. The van der Waals surface area contributed by atoms with Crippen LogP contribution in [0, 0.1) is 0 Å². The van der Waals surface area contributed by atoms with Crippen LogP contribution in [0.2, 0.25) is 0 Å². The number of carbonyl (C=O) groups excluding carboxylic acids is 6. The highest BCUT2D eigenvalue weighted by atomic mass is 16.4. The lowest BCUT2D eigenvalue weighted by Crippen LogP contribution is -2.59. The molecule has 25 heteroatoms. The molecule has 54 heavy (non-hydrogen) atoms. The van der Waals surface area contributed by atoms with E-state index in [4.69, 9.17) is 39.5 Å². The first-order chi connectivity index (χ1) is 25.5. The highest BCUT2D eigenvalue weighted by molar-refractivity contribution is 5.96. The third kappa shape index (κ3) is 20.6. The molecule has 0 aromatic carbocycles. The molecule has 0 aliphatic rings. The smallest absolute Gasteiger partial charge is 0.326 e. The summed E-state index contributed by atoms with van der Waals surface area (Å²) in [5.74, 6) is -7.49. The second-order valence-electron chi connectivity index (χ2n) is 11.8. The number of guanidine groups is 2. The average molecular weight is 777 g/mol. The van der Waals surface area contributed by atoms with Crippen molar-refractivity contribution in [2.75, 3.05) is 46.0 Å². The molecule has 0 saturated carbocycles. The predicted octanol–water partition coefficient (Wildman–Crippen LogP) is -8.85. The molecule has 25 nitrogen and oxygen atoms in total. The van der Waals surface area contributed by atoms with Gasteiger partial charge >= 0.3 is 5.97 Å². The highest BCUT2D eigenvalue weighted by Crippen LogP contribution is 2.06. The van der Waals surface area contributed by atoms with Crippen molar-refractivity contribution < 1.29 is 54.0 Å². The van der Waals surface area contributed by atoms with Gasteiger partial charge in [-0.05, 0) is 51.5 Å². The molecule has 6 amide bonds. The second kappa shape index (κ2) is 27.3. The Kier molecular flexibility index (Phi) is 24.6. The van der Waals surface area contributed by atoms with E-state index < -0.39 is 104 Å². The molecule has 0 aliphatic carbocycles. The molecule has 0 fully saturated rings. The summed E-state index contributed by atoms with van der Waals surface area (Å²) >= 11 is 0. The Bertz CT molecular complexity index is 1290. The molecule has 0 spiro atoms. The van der Waals surface area contributed by atoms with E-state index in [1.54, 1.807) is 0 Å². The number of amides is 6. The first kappa shape index (κ1) is 48.6. The number of aliphatic hydroxyl groups excluding tert-OH is 3. The van der Waals surface area contributed by atoms with E-state index in [1.807, 2.05) is 0 Å². The van der Waals surface area contributed by atoms with E-state index >= 15 is 0 Å². The summed E-state index contributed by atoms with van der Waals surface area (Å²) in [5.41, 5.74) is 32.1. The molecule has 6 atom stereocenters. The van der Waals surface area contributed by atoms with Gasteiger partial charge in [0.15, 0.2) is 11.9 Å². The number of aliphatic carboxylic acids is 1. The number of nitrogens with two attached hydrogens (primary N) is 6. The summed E-state index contributed by atoms with van der Waals surface area (Å²) in [6.07, 6.45) is 0.990. The Morgan fingerprint density at radius 2 is 0.963 bits per heavy atom. The number of nitrogens with one attached hydrogen (secondary N) is 6. The molecule has 0 heterocycles. The zero-order valence-electron chi connectivity index (χ0n) is 29.9. The normalized spacial score (nSPS) is 14.0. The number of rotatable bonds is 28. The van der Waals surface area contributed by atoms with Crippen molar-refractivity contribution in [1.82, 2.24) is 31.9 Å². The van der Waals surface area contributed by atoms with E-state index in [0.717, 1.165) is 0 Å². The molecular formula is C29H56N14O11. The van der Waals surface area contributed by atoms with Crippen molar-refractivity contribution in [3.05, 3.63) is 0 Å². The number of nitrogens with zero attached hydrogens (tertiary/aromatic N) is 2. The third-order valence-electron chi connectivity index (χ3n) is 7.32. The number of aliphatic imine (C=N–C) groups is 2. The zero-order chi connectivity index (χ0) is 41.2. The first-order valence-electron chi connectivity index (χ1n) is 16.9. The van der Waals surface area contributed by atoms with Crippen molar-refractivity contribution in [3.63, 3.8) is 0 Å². The summed E-state index contributed by atoms with van der Waals surface area (Å²) in [5, 5.41) is 51.8. The van der Waals surface area contributed by atoms with Gasteiger partial charge in [0.05, 0.1) is 26.4 Å². The van der Waals surface area contributed by atoms with Crippen LogP contribution in [0.4, 0.5) is 0 Å². The minimum atomic E-state index is -1.66. The fraction of sp³-hybridized carbons (Fsp3) is 0.690. The quantitative estimate of drug-likeness (QED) is 0.0199. The number of aliphatic hydroxyl groups is 3. The van der Waals surface area contributed by atoms with Crippen molar-refractivity contribution in [1.29, 1.82) is 0 Å². The minimum absolute atomic E-state index is 0.0193. The standard InChI is InChI=1S/C29H56N14O11/c30-8-2-1-5-17(25(51)41-18(27(53)54)7-4-10-37-29(34)35)40-26(52)20(14-46)43-24(50)16(6-3-9-36-28(32)33)39-21(47)11-38-23(49)19(13-45)42-22(48)15(31)12-44/h15-20,44-46H,1-14,30-31H2,(H,38,49)(H,39,47)(H,40,52)(H,41,51)(H,42,48)(H,43,50)(H,53,54)(H4,32,33,36)(H4,34,35,37)/t15-,16-,17-,18-,19-,20-/m0/s1. The average Bonchev–Trinajstić information content (AvgIpc) is 3.12. The van der Waals surface area contributed by atoms with Crippen LogP contribution < -0.4 is 66.3 Å². The Labute approximate surface area is 310 Å². The molecule has 0 bridgehead atoms. The van der Waals surface area contributed by atoms with E-state index in [2.05, 4.69) is 41.9 Å². The maximum Gasteiger partial charge on any atom is 0.326 e. The summed E-state index contributed by atoms with van der Waals surface area (Å²) in [7, 11) is 0. The van der Waals surface area contributed by atoms with Crippen LogP contribution in [-0.4, -0.2) is 156 Å². The largest absolute Gasteiger partial charge is 0.480 e. The Hall–Kier alpha value is -5.37. The number of hydrogen-bond donors (Lipinski definition) is 16. The fourth-order valence-electron chi connectivity index (χ4n) is 4.40. The van der Waals surface area contributed by atoms with Crippen molar-refractivity contribution in [2.24, 2.45) is 44.4 Å². The molecule has 0 aliphatic heterocycles. The summed E-state index contributed by atoms with van der Waals surface area (Å²) < 4.78 is 0. The maximum atomic E-state index is 13.3. The topological polar surface area (TPSA) is 453 Å². The molecule has 0 aromatic heterocycles. The van der Waals surface area contributed by atoms with Crippen molar-refractivity contribution >= 4 is 53.3 Å². The molecule has 0 unspecified atom stereocenters. The molecule has 0 aromatic rings. The monoisotopic (exact) mass is 776 g/mol. The first-order valence-corrected chi connectivity index (χ1v) is 16.9. The van der Waals surface area contributed by atoms with Crippen LogP contribution in [-0.2, 0) is 33.6 Å². The SMILES string of the molecule is NCCCC[C@H](NC(=O)[C@H](CO)NC(=O)[C@H](CCCN=C(N)N)NC(=O)CNC(=O)[C@H](CO)NC(=O)[C@@H](N)CO)C(=O)N[C@@H](CCCN=C(N)N)C(=O)O. The predicted molar refractivity (Wildman–Crippen MR) is 192 cm³/mol. The number of hydrogen-bond acceptors (Lipinski definition) is 14. The van der Waals surface area contributed by atoms with Crippen LogP contribution in [0.1, 0.15) is 44.9 Å². The van der Waals surface area contributed by atoms with E-state index in [1.165, 1.54) is 0 Å². The minimum Gasteiger partial charge on any atom is -0.480 e. The van der Waals surface area contributed by atoms with Crippen molar-refractivity contribution in [2.45, 2.75) is 81.2 Å². The van der Waals surface area contributed by atoms with Gasteiger partial charge in [-0.25, -0.2) is 4.79 Å². The van der Waals surface area contributed by atoms with E-state index in [0.29, 0.717) is 12.8 Å². The Morgan fingerprint density at radius 1 is 0.537 bits per heavy atom. The highest BCUT2D eigenvalue weighted by Gasteiger charge is 2.31. The fourth-order valence-corrected chi connectivity index (χ4v) is 4.40. The molecule has 0 radical (unpaired) electrons. The summed E-state index contributed by atoms with van der Waals surface area (Å²) in [4.78, 5) is 96.2. The third-order valence-corrected chi connectivity index (χ3v) is 7.32. The Morgan fingerprint density at radius 3 is 1.44 bits per heavy atom. The molecule has 0 saturated heterocycles. The van der Waals surface area contributed by atoms with Crippen LogP contribution in [0.3, 0.4) is 0 Å². The van der Waals surface area contributed by atoms with E-state index in [9.17, 15) is 48.9 Å². The van der Waals surface area contributed by atoms with Crippen molar-refractivity contribution in [3.8, 4) is 0 Å². The van der Waals surface area contributed by atoms with Gasteiger partial charge in [-0.3, -0.25) is 38.8 Å². The molecular weight excluding hydrogens is 720 g/mol. The number of unbranched alkanes of at least 4 members (excludes halogenated alkanes) is 1. The summed E-state index contributed by atoms with van der Waals surface area (Å²) in [6, 6.07) is -8.62. The number of carboxylic acid groups (broad SMARTS) is 1.